The van der Waals surface area contributed by atoms with E-state index in [4.69, 9.17) is 13.9 Å². The maximum absolute atomic E-state index is 11.8. The lowest BCUT2D eigenvalue weighted by atomic mass is 10.2. The highest BCUT2D eigenvalue weighted by Crippen LogP contribution is 2.36. The molecule has 3 amide bonds. The van der Waals surface area contributed by atoms with Gasteiger partial charge in [-0.05, 0) is 19.1 Å². The Balaban J connectivity index is 1.61. The number of ether oxygens (including phenoxy) is 2. The van der Waals surface area contributed by atoms with Gasteiger partial charge in [0.2, 0.25) is 12.0 Å². The van der Waals surface area contributed by atoms with Gasteiger partial charge in [0, 0.05) is 7.05 Å². The molecule has 9 nitrogen and oxygen atoms in total. The van der Waals surface area contributed by atoms with E-state index < -0.39 is 23.3 Å². The van der Waals surface area contributed by atoms with E-state index in [0.29, 0.717) is 11.5 Å². The molecule has 2 aromatic rings. The minimum absolute atomic E-state index is 0.206. The van der Waals surface area contributed by atoms with Gasteiger partial charge in [0.1, 0.15) is 6.61 Å². The number of benzene rings is 1. The first-order valence-corrected chi connectivity index (χ1v) is 8.36. The van der Waals surface area contributed by atoms with Gasteiger partial charge in [0.25, 0.3) is 11.1 Å². The molecule has 0 bridgehead atoms. The minimum Gasteiger partial charge on any atom is -0.485 e. The van der Waals surface area contributed by atoms with E-state index in [9.17, 15) is 9.59 Å². The van der Waals surface area contributed by atoms with Gasteiger partial charge in [0.05, 0.1) is 5.25 Å². The summed E-state index contributed by atoms with van der Waals surface area (Å²) in [4.78, 5) is 23.0. The zero-order chi connectivity index (χ0) is 17.8. The highest BCUT2D eigenvalue weighted by molar-refractivity contribution is 8.00. The third-order valence-corrected chi connectivity index (χ3v) is 4.25. The molecule has 2 N–H and O–H groups in total. The fraction of sp³-hybridized carbons (Fsp3) is 0.333. The molecular formula is C15H16N4O5S. The van der Waals surface area contributed by atoms with Crippen molar-refractivity contribution in [3.8, 4) is 11.5 Å². The van der Waals surface area contributed by atoms with Crippen LogP contribution in [-0.4, -0.2) is 41.0 Å². The largest absolute Gasteiger partial charge is 0.485 e. The van der Waals surface area contributed by atoms with Gasteiger partial charge >= 0.3 is 6.03 Å². The van der Waals surface area contributed by atoms with Gasteiger partial charge < -0.3 is 19.2 Å². The third kappa shape index (κ3) is 4.02. The number of hydrogen-bond acceptors (Lipinski definition) is 8. The Morgan fingerprint density at radius 1 is 1.28 bits per heavy atom. The van der Waals surface area contributed by atoms with Crippen molar-refractivity contribution in [2.24, 2.45) is 0 Å². The molecule has 0 radical (unpaired) electrons. The zero-order valence-electron chi connectivity index (χ0n) is 13.5. The average molecular weight is 364 g/mol. The second kappa shape index (κ2) is 7.43. The van der Waals surface area contributed by atoms with E-state index in [-0.39, 0.29) is 17.7 Å². The molecule has 0 saturated carbocycles. The normalized spacial score (nSPS) is 16.8. The molecule has 1 aliphatic heterocycles. The number of carbonyl (C=O) groups excluding carboxylic acids is 2. The van der Waals surface area contributed by atoms with Crippen molar-refractivity contribution in [3.63, 3.8) is 0 Å². The maximum Gasteiger partial charge on any atom is 0.321 e. The van der Waals surface area contributed by atoms with Gasteiger partial charge in [-0.25, -0.2) is 4.79 Å². The second-order valence-corrected chi connectivity index (χ2v) is 6.39. The predicted octanol–water partition coefficient (Wildman–Crippen LogP) is 1.52. The Hall–Kier alpha value is -2.75. The Morgan fingerprint density at radius 3 is 2.80 bits per heavy atom. The van der Waals surface area contributed by atoms with E-state index in [1.807, 2.05) is 18.2 Å². The summed E-state index contributed by atoms with van der Waals surface area (Å²) in [6, 6.07) is 6.73. The van der Waals surface area contributed by atoms with Gasteiger partial charge in [-0.2, -0.15) is 0 Å². The van der Waals surface area contributed by atoms with Crippen LogP contribution in [0.15, 0.2) is 33.9 Å². The van der Waals surface area contributed by atoms with Crippen molar-refractivity contribution in [2.45, 2.75) is 23.5 Å². The molecule has 2 heterocycles. The summed E-state index contributed by atoms with van der Waals surface area (Å²) in [7, 11) is 1.43. The monoisotopic (exact) mass is 364 g/mol. The number of hydrogen-bond donors (Lipinski definition) is 2. The van der Waals surface area contributed by atoms with Gasteiger partial charge in [-0.1, -0.05) is 23.9 Å². The Labute approximate surface area is 147 Å². The second-order valence-electron chi connectivity index (χ2n) is 5.10. The van der Waals surface area contributed by atoms with Crippen LogP contribution < -0.4 is 20.1 Å². The number of carbonyl (C=O) groups is 2. The summed E-state index contributed by atoms with van der Waals surface area (Å²) in [5.41, 5.74) is 0. The van der Waals surface area contributed by atoms with E-state index in [0.717, 1.165) is 11.8 Å². The van der Waals surface area contributed by atoms with E-state index in [1.165, 1.54) is 7.05 Å². The first kappa shape index (κ1) is 17.1. The lowest BCUT2D eigenvalue weighted by Gasteiger charge is -2.23. The lowest BCUT2D eigenvalue weighted by molar-refractivity contribution is -0.119. The van der Waals surface area contributed by atoms with Crippen molar-refractivity contribution in [3.05, 3.63) is 30.2 Å². The molecule has 25 heavy (non-hydrogen) atoms. The lowest BCUT2D eigenvalue weighted by Crippen LogP contribution is -2.41. The third-order valence-electron chi connectivity index (χ3n) is 3.32. The number of nitrogens with zero attached hydrogens (tertiary/aromatic N) is 2. The molecule has 1 aromatic heterocycles. The molecule has 1 aromatic carbocycles. The predicted molar refractivity (Wildman–Crippen MR) is 87.5 cm³/mol. The quantitative estimate of drug-likeness (QED) is 0.785. The highest BCUT2D eigenvalue weighted by Gasteiger charge is 2.28. The van der Waals surface area contributed by atoms with Crippen molar-refractivity contribution in [1.29, 1.82) is 0 Å². The minimum atomic E-state index is -0.588. The van der Waals surface area contributed by atoms with Crippen LogP contribution in [0.25, 0.3) is 0 Å². The van der Waals surface area contributed by atoms with Crippen LogP contribution in [0.5, 0.6) is 11.5 Å². The highest BCUT2D eigenvalue weighted by atomic mass is 32.2. The van der Waals surface area contributed by atoms with Crippen LogP contribution in [0.3, 0.4) is 0 Å². The molecule has 0 fully saturated rings. The van der Waals surface area contributed by atoms with Gasteiger partial charge in [-0.3, -0.25) is 10.1 Å². The fourth-order valence-electron chi connectivity index (χ4n) is 2.02. The van der Waals surface area contributed by atoms with Crippen LogP contribution in [-0.2, 0) is 4.79 Å². The molecule has 132 valence electrons. The standard InChI is InChI=1S/C15H16N4O5S/c1-8(12(20)17-14(21)16-2)25-15-19-18-13(24-15)11-7-22-9-5-3-4-6-10(9)23-11/h3-6,8,11H,7H2,1-2H3,(H2,16,17,20,21)/t8-,11+/m1/s1. The van der Waals surface area contributed by atoms with Gasteiger partial charge in [-0.15, -0.1) is 10.2 Å². The number of rotatable bonds is 4. The summed E-state index contributed by atoms with van der Waals surface area (Å²) in [6.07, 6.45) is -0.522. The fourth-order valence-corrected chi connectivity index (χ4v) is 2.71. The van der Waals surface area contributed by atoms with E-state index in [2.05, 4.69) is 20.8 Å². The molecule has 0 saturated heterocycles. The number of thioether (sulfide) groups is 1. The molecular weight excluding hydrogens is 348 g/mol. The number of nitrogens with one attached hydrogen (secondary N) is 2. The van der Waals surface area contributed by atoms with Crippen molar-refractivity contribution >= 4 is 23.7 Å². The molecule has 0 aliphatic carbocycles. The van der Waals surface area contributed by atoms with Crippen molar-refractivity contribution in [1.82, 2.24) is 20.8 Å². The number of amides is 3. The topological polar surface area (TPSA) is 116 Å². The number of imide groups is 1. The van der Waals surface area contributed by atoms with Crippen LogP contribution in [0.1, 0.15) is 18.9 Å². The molecule has 0 unspecified atom stereocenters. The summed E-state index contributed by atoms with van der Waals surface area (Å²) in [6.45, 7) is 1.87. The summed E-state index contributed by atoms with van der Waals surface area (Å²) < 4.78 is 16.9. The molecule has 3 rings (SSSR count). The van der Waals surface area contributed by atoms with Crippen LogP contribution in [0.4, 0.5) is 4.79 Å². The van der Waals surface area contributed by atoms with Crippen LogP contribution >= 0.6 is 11.8 Å². The zero-order valence-corrected chi connectivity index (χ0v) is 14.3. The number of urea groups is 1. The molecule has 10 heteroatoms. The van der Waals surface area contributed by atoms with Gasteiger partial charge in [0.15, 0.2) is 11.5 Å². The SMILES string of the molecule is CNC(=O)NC(=O)[C@@H](C)Sc1nnc([C@@H]2COc3ccccc3O2)o1. The molecule has 1 aliphatic rings. The Kier molecular flexibility index (Phi) is 5.08. The van der Waals surface area contributed by atoms with Crippen LogP contribution in [0.2, 0.25) is 0 Å². The Morgan fingerprint density at radius 2 is 2.04 bits per heavy atom. The first-order valence-electron chi connectivity index (χ1n) is 7.48. The summed E-state index contributed by atoms with van der Waals surface area (Å²) >= 11 is 1.05. The first-order chi connectivity index (χ1) is 12.1. The molecule has 0 spiro atoms. The number of aromatic nitrogens is 2. The smallest absolute Gasteiger partial charge is 0.321 e. The van der Waals surface area contributed by atoms with Crippen LogP contribution in [0, 0.1) is 0 Å². The van der Waals surface area contributed by atoms with Crippen molar-refractivity contribution in [2.75, 3.05) is 13.7 Å². The summed E-state index contributed by atoms with van der Waals surface area (Å²) in [5.74, 6) is 1.06. The van der Waals surface area contributed by atoms with E-state index in [1.54, 1.807) is 13.0 Å². The maximum atomic E-state index is 11.8. The molecule has 2 atom stereocenters. The Bertz CT molecular complexity index is 781. The number of fused-ring (bicyclic) bond motifs is 1. The average Bonchev–Trinajstić information content (AvgIpc) is 3.09. The van der Waals surface area contributed by atoms with E-state index >= 15 is 0 Å². The summed E-state index contributed by atoms with van der Waals surface area (Å²) in [5, 5.41) is 12.0. The number of para-hydroxylation sites is 2. The van der Waals surface area contributed by atoms with Crippen molar-refractivity contribution < 1.29 is 23.5 Å².